The van der Waals surface area contributed by atoms with Crippen molar-refractivity contribution in [1.29, 1.82) is 0 Å². The summed E-state index contributed by atoms with van der Waals surface area (Å²) < 4.78 is 0. The van der Waals surface area contributed by atoms with Gasteiger partial charge < -0.3 is 15.5 Å². The number of carbonyl (C=O) groups excluding carboxylic acids is 2. The lowest BCUT2D eigenvalue weighted by molar-refractivity contribution is -0.118. The number of pyridine rings is 1. The molecule has 6 nitrogen and oxygen atoms in total. The van der Waals surface area contributed by atoms with Crippen molar-refractivity contribution >= 4 is 17.8 Å². The molecule has 130 valence electrons. The summed E-state index contributed by atoms with van der Waals surface area (Å²) in [6.45, 7) is 1.48. The molecule has 0 bridgehead atoms. The summed E-state index contributed by atoms with van der Waals surface area (Å²) in [5.74, 6) is 0.205. The highest BCUT2D eigenvalue weighted by Gasteiger charge is 2.25. The van der Waals surface area contributed by atoms with Crippen LogP contribution in [0.2, 0.25) is 0 Å². The first-order valence-corrected chi connectivity index (χ1v) is 8.53. The van der Waals surface area contributed by atoms with Gasteiger partial charge >= 0.3 is 6.03 Å². The number of amides is 3. The molecule has 1 aliphatic rings. The van der Waals surface area contributed by atoms with E-state index in [0.717, 1.165) is 31.5 Å². The van der Waals surface area contributed by atoms with Crippen LogP contribution in [0, 0.1) is 0 Å². The Balaban J connectivity index is 1.70. The maximum Gasteiger partial charge on any atom is 0.318 e. The molecule has 2 aromatic rings. The number of likely N-dealkylation sites (tertiary alicyclic amines) is 1. The van der Waals surface area contributed by atoms with Crippen molar-refractivity contribution in [1.82, 2.24) is 15.2 Å². The normalized spacial score (nSPS) is 14.8. The number of aromatic nitrogens is 1. The van der Waals surface area contributed by atoms with E-state index in [1.165, 1.54) is 0 Å². The maximum absolute atomic E-state index is 12.7. The Kier molecular flexibility index (Phi) is 5.61. The molecule has 3 rings (SSSR count). The van der Waals surface area contributed by atoms with Crippen molar-refractivity contribution in [2.45, 2.75) is 25.3 Å². The van der Waals surface area contributed by atoms with E-state index in [-0.39, 0.29) is 11.9 Å². The molecule has 0 unspecified atom stereocenters. The van der Waals surface area contributed by atoms with Crippen LogP contribution in [-0.4, -0.2) is 41.0 Å². The smallest absolute Gasteiger partial charge is 0.318 e. The molecule has 0 saturated carbocycles. The Morgan fingerprint density at radius 1 is 1.04 bits per heavy atom. The second kappa shape index (κ2) is 8.28. The van der Waals surface area contributed by atoms with E-state index < -0.39 is 6.04 Å². The van der Waals surface area contributed by atoms with E-state index >= 15 is 0 Å². The molecule has 1 atom stereocenters. The highest BCUT2D eigenvalue weighted by Crippen LogP contribution is 2.10. The summed E-state index contributed by atoms with van der Waals surface area (Å²) in [5.41, 5.74) is 0.991. The van der Waals surface area contributed by atoms with Crippen LogP contribution < -0.4 is 10.6 Å². The second-order valence-electron chi connectivity index (χ2n) is 6.09. The van der Waals surface area contributed by atoms with Crippen molar-refractivity contribution in [2.24, 2.45) is 0 Å². The molecule has 1 aliphatic heterocycles. The molecule has 0 radical (unpaired) electrons. The second-order valence-corrected chi connectivity index (χ2v) is 6.09. The predicted molar refractivity (Wildman–Crippen MR) is 96.1 cm³/mol. The SMILES string of the molecule is O=C(Nc1ccccn1)[C@@H](Cc1ccccc1)NC(=O)N1CCCC1. The fourth-order valence-electron chi connectivity index (χ4n) is 2.87. The molecule has 1 aromatic heterocycles. The minimum Gasteiger partial charge on any atom is -0.326 e. The van der Waals surface area contributed by atoms with Crippen LogP contribution in [0.5, 0.6) is 0 Å². The summed E-state index contributed by atoms with van der Waals surface area (Å²) in [6, 6.07) is 14.1. The van der Waals surface area contributed by atoms with Crippen LogP contribution in [0.15, 0.2) is 54.7 Å². The van der Waals surface area contributed by atoms with E-state index in [4.69, 9.17) is 0 Å². The van der Waals surface area contributed by atoms with Crippen LogP contribution in [0.25, 0.3) is 0 Å². The Morgan fingerprint density at radius 2 is 1.76 bits per heavy atom. The molecule has 0 aliphatic carbocycles. The van der Waals surface area contributed by atoms with Crippen LogP contribution in [0.4, 0.5) is 10.6 Å². The van der Waals surface area contributed by atoms with E-state index in [0.29, 0.717) is 12.2 Å². The van der Waals surface area contributed by atoms with Gasteiger partial charge in [0.25, 0.3) is 0 Å². The zero-order chi connectivity index (χ0) is 17.5. The first kappa shape index (κ1) is 17.0. The van der Waals surface area contributed by atoms with Gasteiger partial charge in [0.15, 0.2) is 0 Å². The summed E-state index contributed by atoms with van der Waals surface area (Å²) in [7, 11) is 0. The number of benzene rings is 1. The molecular weight excluding hydrogens is 316 g/mol. The summed E-state index contributed by atoms with van der Waals surface area (Å²) in [6.07, 6.45) is 4.07. The van der Waals surface area contributed by atoms with E-state index in [9.17, 15) is 9.59 Å². The first-order chi connectivity index (χ1) is 12.2. The lowest BCUT2D eigenvalue weighted by Gasteiger charge is -2.22. The molecular formula is C19H22N4O2. The Labute approximate surface area is 147 Å². The average Bonchev–Trinajstić information content (AvgIpc) is 3.18. The van der Waals surface area contributed by atoms with Gasteiger partial charge in [-0.15, -0.1) is 0 Å². The number of hydrogen-bond acceptors (Lipinski definition) is 3. The maximum atomic E-state index is 12.7. The highest BCUT2D eigenvalue weighted by atomic mass is 16.2. The quantitative estimate of drug-likeness (QED) is 0.879. The van der Waals surface area contributed by atoms with Gasteiger partial charge in [-0.3, -0.25) is 4.79 Å². The molecule has 1 fully saturated rings. The number of urea groups is 1. The van der Waals surface area contributed by atoms with Gasteiger partial charge in [0.2, 0.25) is 5.91 Å². The van der Waals surface area contributed by atoms with E-state index in [1.54, 1.807) is 29.3 Å². The molecule has 3 amide bonds. The van der Waals surface area contributed by atoms with Gasteiger partial charge in [-0.05, 0) is 30.5 Å². The Hall–Kier alpha value is -2.89. The summed E-state index contributed by atoms with van der Waals surface area (Å²) in [4.78, 5) is 31.0. The zero-order valence-electron chi connectivity index (χ0n) is 14.0. The van der Waals surface area contributed by atoms with Crippen LogP contribution in [0.1, 0.15) is 18.4 Å². The van der Waals surface area contributed by atoms with Crippen LogP contribution in [0.3, 0.4) is 0 Å². The van der Waals surface area contributed by atoms with Gasteiger partial charge in [0.1, 0.15) is 11.9 Å². The van der Waals surface area contributed by atoms with Crippen molar-refractivity contribution in [3.05, 3.63) is 60.3 Å². The van der Waals surface area contributed by atoms with Gasteiger partial charge in [0.05, 0.1) is 0 Å². The van der Waals surface area contributed by atoms with E-state index in [2.05, 4.69) is 15.6 Å². The van der Waals surface area contributed by atoms with Gasteiger partial charge in [-0.25, -0.2) is 9.78 Å². The zero-order valence-corrected chi connectivity index (χ0v) is 14.0. The van der Waals surface area contributed by atoms with Crippen molar-refractivity contribution in [3.63, 3.8) is 0 Å². The lowest BCUT2D eigenvalue weighted by atomic mass is 10.1. The van der Waals surface area contributed by atoms with Gasteiger partial charge in [-0.1, -0.05) is 36.4 Å². The Bertz CT molecular complexity index is 700. The fraction of sp³-hybridized carbons (Fsp3) is 0.316. The number of nitrogens with one attached hydrogen (secondary N) is 2. The third-order valence-electron chi connectivity index (χ3n) is 4.21. The molecule has 2 heterocycles. The van der Waals surface area contributed by atoms with Crippen LogP contribution >= 0.6 is 0 Å². The average molecular weight is 338 g/mol. The Morgan fingerprint density at radius 3 is 2.44 bits per heavy atom. The molecule has 1 aromatic carbocycles. The molecule has 6 heteroatoms. The molecule has 1 saturated heterocycles. The number of hydrogen-bond donors (Lipinski definition) is 2. The summed E-state index contributed by atoms with van der Waals surface area (Å²) >= 11 is 0. The minimum atomic E-state index is -0.655. The molecule has 0 spiro atoms. The van der Waals surface area contributed by atoms with Crippen molar-refractivity contribution < 1.29 is 9.59 Å². The molecule has 2 N–H and O–H groups in total. The molecule has 25 heavy (non-hydrogen) atoms. The van der Waals surface area contributed by atoms with Gasteiger partial charge in [-0.2, -0.15) is 0 Å². The van der Waals surface area contributed by atoms with E-state index in [1.807, 2.05) is 30.3 Å². The topological polar surface area (TPSA) is 74.3 Å². The third kappa shape index (κ3) is 4.79. The number of carbonyl (C=O) groups is 2. The summed E-state index contributed by atoms with van der Waals surface area (Å²) in [5, 5.41) is 5.65. The number of anilines is 1. The number of nitrogens with zero attached hydrogens (tertiary/aromatic N) is 2. The number of rotatable bonds is 5. The lowest BCUT2D eigenvalue weighted by Crippen LogP contribution is -2.49. The minimum absolute atomic E-state index is 0.186. The highest BCUT2D eigenvalue weighted by molar-refractivity contribution is 5.96. The van der Waals surface area contributed by atoms with Crippen LogP contribution in [-0.2, 0) is 11.2 Å². The predicted octanol–water partition coefficient (Wildman–Crippen LogP) is 2.44. The first-order valence-electron chi connectivity index (χ1n) is 8.53. The standard InChI is InChI=1S/C19H22N4O2/c24-18(22-17-10-4-5-11-20-17)16(14-15-8-2-1-3-9-15)21-19(25)23-12-6-7-13-23/h1-5,8-11,16H,6-7,12-14H2,(H,21,25)(H,20,22,24)/t16-/m1/s1. The van der Waals surface area contributed by atoms with Crippen molar-refractivity contribution in [2.75, 3.05) is 18.4 Å². The fourth-order valence-corrected chi connectivity index (χ4v) is 2.87. The largest absolute Gasteiger partial charge is 0.326 e. The van der Waals surface area contributed by atoms with Crippen molar-refractivity contribution in [3.8, 4) is 0 Å². The monoisotopic (exact) mass is 338 g/mol. The van der Waals surface area contributed by atoms with Gasteiger partial charge in [0, 0.05) is 25.7 Å². The third-order valence-corrected chi connectivity index (χ3v) is 4.21.